The highest BCUT2D eigenvalue weighted by Gasteiger charge is 2.23. The molecule has 0 unspecified atom stereocenters. The summed E-state index contributed by atoms with van der Waals surface area (Å²) in [6.07, 6.45) is 0.371. The van der Waals surface area contributed by atoms with E-state index in [0.717, 1.165) is 28.2 Å². The number of esters is 1. The Morgan fingerprint density at radius 2 is 2.31 bits per heavy atom. The van der Waals surface area contributed by atoms with E-state index < -0.39 is 6.10 Å². The summed E-state index contributed by atoms with van der Waals surface area (Å²) in [7, 11) is 1.38. The van der Waals surface area contributed by atoms with Gasteiger partial charge >= 0.3 is 5.97 Å². The number of hydrogen-bond acceptors (Lipinski definition) is 4. The second kappa shape index (κ2) is 4.47. The number of carbonyl (C=O) groups excluding carboxylic acids is 1. The third kappa shape index (κ3) is 1.83. The topological polar surface area (TPSA) is 46.5 Å². The summed E-state index contributed by atoms with van der Waals surface area (Å²) in [5.74, 6) is 0.570. The van der Waals surface area contributed by atoms with Gasteiger partial charge in [0, 0.05) is 10.6 Å². The lowest BCUT2D eigenvalue weighted by Gasteiger charge is -2.23. The van der Waals surface area contributed by atoms with E-state index in [1.54, 1.807) is 17.8 Å². The number of aliphatic hydroxyl groups is 1. The summed E-state index contributed by atoms with van der Waals surface area (Å²) in [6.45, 7) is 1.90. The number of methoxy groups -OCH3 is 1. The molecule has 16 heavy (non-hydrogen) atoms. The SMILES string of the molecule is COC(=O)c1ccc2c(c1C)SCC[C@H]2O. The third-order valence-electron chi connectivity index (χ3n) is 2.84. The molecule has 0 saturated carbocycles. The maximum absolute atomic E-state index is 11.5. The third-order valence-corrected chi connectivity index (χ3v) is 4.11. The zero-order valence-corrected chi connectivity index (χ0v) is 10.1. The first-order valence-corrected chi connectivity index (χ1v) is 6.16. The van der Waals surface area contributed by atoms with E-state index in [2.05, 4.69) is 0 Å². The van der Waals surface area contributed by atoms with E-state index in [9.17, 15) is 9.90 Å². The van der Waals surface area contributed by atoms with Crippen LogP contribution in [0.3, 0.4) is 0 Å². The fraction of sp³-hybridized carbons (Fsp3) is 0.417. The van der Waals surface area contributed by atoms with E-state index in [4.69, 9.17) is 4.74 Å². The highest BCUT2D eigenvalue weighted by atomic mass is 32.2. The van der Waals surface area contributed by atoms with Gasteiger partial charge in [-0.25, -0.2) is 4.79 Å². The van der Waals surface area contributed by atoms with Crippen molar-refractivity contribution in [3.05, 3.63) is 28.8 Å². The molecule has 1 aromatic carbocycles. The van der Waals surface area contributed by atoms with Crippen molar-refractivity contribution in [3.8, 4) is 0 Å². The summed E-state index contributed by atoms with van der Waals surface area (Å²) in [5, 5.41) is 9.84. The van der Waals surface area contributed by atoms with Crippen LogP contribution in [0, 0.1) is 6.92 Å². The highest BCUT2D eigenvalue weighted by molar-refractivity contribution is 7.99. The monoisotopic (exact) mass is 238 g/mol. The van der Waals surface area contributed by atoms with Gasteiger partial charge in [0.15, 0.2) is 0 Å². The van der Waals surface area contributed by atoms with Crippen LogP contribution in [0.4, 0.5) is 0 Å². The maximum atomic E-state index is 11.5. The van der Waals surface area contributed by atoms with E-state index in [1.165, 1.54) is 7.11 Å². The highest BCUT2D eigenvalue weighted by Crippen LogP contribution is 2.39. The molecule has 1 aromatic rings. The van der Waals surface area contributed by atoms with E-state index in [-0.39, 0.29) is 5.97 Å². The summed E-state index contributed by atoms with van der Waals surface area (Å²) in [4.78, 5) is 12.5. The zero-order valence-electron chi connectivity index (χ0n) is 9.32. The molecule has 0 aliphatic carbocycles. The Bertz CT molecular complexity index is 429. The van der Waals surface area contributed by atoms with Crippen LogP contribution in [0.25, 0.3) is 0 Å². The van der Waals surface area contributed by atoms with Crippen LogP contribution in [0.15, 0.2) is 17.0 Å². The van der Waals surface area contributed by atoms with E-state index >= 15 is 0 Å². The fourth-order valence-electron chi connectivity index (χ4n) is 1.93. The lowest BCUT2D eigenvalue weighted by atomic mass is 10.00. The number of aliphatic hydroxyl groups excluding tert-OH is 1. The fourth-order valence-corrected chi connectivity index (χ4v) is 3.17. The van der Waals surface area contributed by atoms with E-state index in [1.807, 2.05) is 13.0 Å². The molecule has 0 saturated heterocycles. The van der Waals surface area contributed by atoms with Gasteiger partial charge in [-0.15, -0.1) is 11.8 Å². The quantitative estimate of drug-likeness (QED) is 0.763. The lowest BCUT2D eigenvalue weighted by Crippen LogP contribution is -2.11. The number of carbonyl (C=O) groups is 1. The number of fused-ring (bicyclic) bond motifs is 1. The van der Waals surface area contributed by atoms with Crippen molar-refractivity contribution in [2.45, 2.75) is 24.3 Å². The number of hydrogen-bond donors (Lipinski definition) is 1. The second-order valence-electron chi connectivity index (χ2n) is 3.80. The summed E-state index contributed by atoms with van der Waals surface area (Å²) in [6, 6.07) is 3.56. The molecule has 0 bridgehead atoms. The average Bonchev–Trinajstić information content (AvgIpc) is 2.30. The minimum Gasteiger partial charge on any atom is -0.465 e. The first kappa shape index (κ1) is 11.5. The van der Waals surface area contributed by atoms with Crippen LogP contribution in [0.2, 0.25) is 0 Å². The summed E-state index contributed by atoms with van der Waals surface area (Å²) < 4.78 is 4.72. The van der Waals surface area contributed by atoms with Crippen molar-refractivity contribution in [2.24, 2.45) is 0 Å². The van der Waals surface area contributed by atoms with Crippen molar-refractivity contribution in [3.63, 3.8) is 0 Å². The number of thioether (sulfide) groups is 1. The second-order valence-corrected chi connectivity index (χ2v) is 4.91. The van der Waals surface area contributed by atoms with Gasteiger partial charge in [-0.1, -0.05) is 6.07 Å². The van der Waals surface area contributed by atoms with Crippen LogP contribution in [0.5, 0.6) is 0 Å². The molecule has 4 heteroatoms. The first-order valence-electron chi connectivity index (χ1n) is 5.18. The molecule has 1 N–H and O–H groups in total. The van der Waals surface area contributed by atoms with Crippen LogP contribution >= 0.6 is 11.8 Å². The standard InChI is InChI=1S/C12H14O3S/c1-7-8(12(14)15-2)3-4-9-10(13)5-6-16-11(7)9/h3-4,10,13H,5-6H2,1-2H3/t10-/m1/s1. The molecule has 0 amide bonds. The minimum atomic E-state index is -0.401. The molecule has 1 aliphatic rings. The van der Waals surface area contributed by atoms with Gasteiger partial charge in [-0.3, -0.25) is 0 Å². The molecule has 2 rings (SSSR count). The molecule has 0 radical (unpaired) electrons. The van der Waals surface area contributed by atoms with Gasteiger partial charge in [0.1, 0.15) is 0 Å². The predicted molar refractivity (Wildman–Crippen MR) is 62.8 cm³/mol. The Morgan fingerprint density at radius 3 is 3.00 bits per heavy atom. The Kier molecular flexibility index (Phi) is 3.21. The lowest BCUT2D eigenvalue weighted by molar-refractivity contribution is 0.0599. The number of benzene rings is 1. The van der Waals surface area contributed by atoms with Crippen molar-refractivity contribution in [2.75, 3.05) is 12.9 Å². The first-order chi connectivity index (χ1) is 7.65. The molecule has 0 aromatic heterocycles. The molecule has 86 valence electrons. The van der Waals surface area contributed by atoms with Crippen molar-refractivity contribution in [1.29, 1.82) is 0 Å². The van der Waals surface area contributed by atoms with Crippen molar-refractivity contribution >= 4 is 17.7 Å². The van der Waals surface area contributed by atoms with E-state index in [0.29, 0.717) is 5.56 Å². The molecule has 1 aliphatic heterocycles. The normalized spacial score (nSPS) is 19.1. The maximum Gasteiger partial charge on any atom is 0.338 e. The smallest absolute Gasteiger partial charge is 0.338 e. The molecular weight excluding hydrogens is 224 g/mol. The van der Waals surface area contributed by atoms with Crippen molar-refractivity contribution < 1.29 is 14.6 Å². The van der Waals surface area contributed by atoms with Crippen LogP contribution in [-0.4, -0.2) is 23.9 Å². The average molecular weight is 238 g/mol. The van der Waals surface area contributed by atoms with Crippen LogP contribution in [0.1, 0.15) is 34.0 Å². The van der Waals surface area contributed by atoms with Crippen LogP contribution in [-0.2, 0) is 4.74 Å². The van der Waals surface area contributed by atoms with Gasteiger partial charge in [0.25, 0.3) is 0 Å². The molecule has 3 nitrogen and oxygen atoms in total. The Morgan fingerprint density at radius 1 is 1.56 bits per heavy atom. The number of rotatable bonds is 1. The molecule has 0 fully saturated rings. The molecule has 0 spiro atoms. The summed E-state index contributed by atoms with van der Waals surface area (Å²) in [5.41, 5.74) is 2.43. The Labute approximate surface area is 98.8 Å². The molecular formula is C12H14O3S. The predicted octanol–water partition coefficient (Wildman–Crippen LogP) is 2.31. The van der Waals surface area contributed by atoms with Gasteiger partial charge in [0.05, 0.1) is 18.8 Å². The van der Waals surface area contributed by atoms with Gasteiger partial charge in [-0.05, 0) is 30.5 Å². The van der Waals surface area contributed by atoms with Gasteiger partial charge in [0.2, 0.25) is 0 Å². The Hall–Kier alpha value is -1.00. The minimum absolute atomic E-state index is 0.319. The van der Waals surface area contributed by atoms with Gasteiger partial charge < -0.3 is 9.84 Å². The Balaban J connectivity index is 2.51. The largest absolute Gasteiger partial charge is 0.465 e. The van der Waals surface area contributed by atoms with Gasteiger partial charge in [-0.2, -0.15) is 0 Å². The zero-order chi connectivity index (χ0) is 11.7. The number of ether oxygens (including phenoxy) is 1. The molecule has 1 atom stereocenters. The summed E-state index contributed by atoms with van der Waals surface area (Å²) >= 11 is 1.69. The molecule has 1 heterocycles. The van der Waals surface area contributed by atoms with Crippen LogP contribution < -0.4 is 0 Å². The van der Waals surface area contributed by atoms with Crippen molar-refractivity contribution in [1.82, 2.24) is 0 Å².